The van der Waals surface area contributed by atoms with Crippen molar-refractivity contribution in [2.45, 2.75) is 20.0 Å². The molecule has 0 saturated carbocycles. The number of rotatable bonds is 8. The SMILES string of the molecule is CCN(CC)CCNC(=O)c1ccccc1OCC(F)(F)F. The van der Waals surface area contributed by atoms with Crippen molar-refractivity contribution in [2.75, 3.05) is 32.8 Å². The van der Waals surface area contributed by atoms with Gasteiger partial charge in [-0.3, -0.25) is 4.79 Å². The maximum Gasteiger partial charge on any atom is 0.422 e. The standard InChI is InChI=1S/C15H21F3N2O2/c1-3-20(4-2)10-9-19-14(21)12-7-5-6-8-13(12)22-11-15(16,17)18/h5-8H,3-4,9-11H2,1-2H3,(H,19,21). The molecule has 22 heavy (non-hydrogen) atoms. The van der Waals surface area contributed by atoms with Crippen molar-refractivity contribution < 1.29 is 22.7 Å². The van der Waals surface area contributed by atoms with E-state index in [1.807, 2.05) is 13.8 Å². The predicted molar refractivity (Wildman–Crippen MR) is 78.1 cm³/mol. The molecule has 1 N–H and O–H groups in total. The maximum absolute atomic E-state index is 12.2. The minimum Gasteiger partial charge on any atom is -0.483 e. The second-order valence-electron chi connectivity index (χ2n) is 4.68. The molecule has 0 bridgehead atoms. The van der Waals surface area contributed by atoms with Crippen molar-refractivity contribution in [3.8, 4) is 5.75 Å². The van der Waals surface area contributed by atoms with Crippen LogP contribution in [-0.2, 0) is 0 Å². The zero-order chi connectivity index (χ0) is 16.6. The first-order valence-electron chi connectivity index (χ1n) is 7.16. The molecule has 0 fully saturated rings. The zero-order valence-corrected chi connectivity index (χ0v) is 12.7. The number of ether oxygens (including phenoxy) is 1. The van der Waals surface area contributed by atoms with Gasteiger partial charge in [-0.15, -0.1) is 0 Å². The van der Waals surface area contributed by atoms with Gasteiger partial charge in [-0.25, -0.2) is 0 Å². The van der Waals surface area contributed by atoms with Crippen LogP contribution in [-0.4, -0.2) is 49.8 Å². The summed E-state index contributed by atoms with van der Waals surface area (Å²) in [5, 5.41) is 2.69. The Morgan fingerprint density at radius 2 is 1.86 bits per heavy atom. The first-order chi connectivity index (χ1) is 10.4. The number of carbonyl (C=O) groups is 1. The molecule has 1 aromatic carbocycles. The summed E-state index contributed by atoms with van der Waals surface area (Å²) in [4.78, 5) is 14.2. The molecule has 0 aliphatic heterocycles. The van der Waals surface area contributed by atoms with Gasteiger partial charge in [0.1, 0.15) is 5.75 Å². The van der Waals surface area contributed by atoms with E-state index in [0.29, 0.717) is 13.1 Å². The summed E-state index contributed by atoms with van der Waals surface area (Å²) in [6, 6.07) is 5.90. The number of nitrogens with one attached hydrogen (secondary N) is 1. The van der Waals surface area contributed by atoms with Gasteiger partial charge >= 0.3 is 6.18 Å². The number of hydrogen-bond donors (Lipinski definition) is 1. The molecule has 1 aromatic rings. The van der Waals surface area contributed by atoms with Gasteiger partial charge in [0.2, 0.25) is 0 Å². The third-order valence-corrected chi connectivity index (χ3v) is 3.13. The van der Waals surface area contributed by atoms with Crippen molar-refractivity contribution in [3.63, 3.8) is 0 Å². The number of benzene rings is 1. The lowest BCUT2D eigenvalue weighted by Crippen LogP contribution is -2.35. The van der Waals surface area contributed by atoms with Gasteiger partial charge in [0.05, 0.1) is 5.56 Å². The highest BCUT2D eigenvalue weighted by Crippen LogP contribution is 2.22. The molecule has 7 heteroatoms. The second-order valence-corrected chi connectivity index (χ2v) is 4.68. The van der Waals surface area contributed by atoms with E-state index in [-0.39, 0.29) is 11.3 Å². The molecule has 0 spiro atoms. The second kappa shape index (κ2) is 8.63. The van der Waals surface area contributed by atoms with Gasteiger partial charge < -0.3 is 15.0 Å². The molecule has 0 aromatic heterocycles. The molecule has 0 aliphatic carbocycles. The Morgan fingerprint density at radius 3 is 2.45 bits per heavy atom. The van der Waals surface area contributed by atoms with E-state index in [2.05, 4.69) is 10.2 Å². The highest BCUT2D eigenvalue weighted by atomic mass is 19.4. The van der Waals surface area contributed by atoms with Crippen LogP contribution in [0.2, 0.25) is 0 Å². The lowest BCUT2D eigenvalue weighted by atomic mass is 10.2. The third kappa shape index (κ3) is 6.34. The number of para-hydroxylation sites is 1. The summed E-state index contributed by atoms with van der Waals surface area (Å²) < 4.78 is 41.3. The van der Waals surface area contributed by atoms with Crippen LogP contribution >= 0.6 is 0 Å². The van der Waals surface area contributed by atoms with Crippen molar-refractivity contribution >= 4 is 5.91 Å². The molecule has 0 radical (unpaired) electrons. The number of nitrogens with zero attached hydrogens (tertiary/aromatic N) is 1. The summed E-state index contributed by atoms with van der Waals surface area (Å²) in [7, 11) is 0. The topological polar surface area (TPSA) is 41.6 Å². The number of carbonyl (C=O) groups excluding carboxylic acids is 1. The molecule has 0 heterocycles. The van der Waals surface area contributed by atoms with Crippen LogP contribution in [0.15, 0.2) is 24.3 Å². The minimum absolute atomic E-state index is 0.0693. The molecule has 0 unspecified atom stereocenters. The van der Waals surface area contributed by atoms with Crippen molar-refractivity contribution in [1.82, 2.24) is 10.2 Å². The normalized spacial score (nSPS) is 11.5. The fourth-order valence-corrected chi connectivity index (χ4v) is 1.90. The average Bonchev–Trinajstić information content (AvgIpc) is 2.49. The van der Waals surface area contributed by atoms with Crippen LogP contribution in [0.4, 0.5) is 13.2 Å². The average molecular weight is 318 g/mol. The highest BCUT2D eigenvalue weighted by molar-refractivity contribution is 5.96. The number of halogens is 3. The third-order valence-electron chi connectivity index (χ3n) is 3.13. The fourth-order valence-electron chi connectivity index (χ4n) is 1.90. The largest absolute Gasteiger partial charge is 0.483 e. The van der Waals surface area contributed by atoms with Crippen LogP contribution < -0.4 is 10.1 Å². The summed E-state index contributed by atoms with van der Waals surface area (Å²) in [5.74, 6) is -0.509. The summed E-state index contributed by atoms with van der Waals surface area (Å²) >= 11 is 0. The van der Waals surface area contributed by atoms with Crippen LogP contribution in [0, 0.1) is 0 Å². The van der Waals surface area contributed by atoms with E-state index in [0.717, 1.165) is 13.1 Å². The zero-order valence-electron chi connectivity index (χ0n) is 12.7. The minimum atomic E-state index is -4.44. The van der Waals surface area contributed by atoms with E-state index in [9.17, 15) is 18.0 Å². The van der Waals surface area contributed by atoms with E-state index >= 15 is 0 Å². The summed E-state index contributed by atoms with van der Waals surface area (Å²) in [5.41, 5.74) is 0.103. The summed E-state index contributed by atoms with van der Waals surface area (Å²) in [6.07, 6.45) is -4.44. The molecular formula is C15H21F3N2O2. The van der Waals surface area contributed by atoms with Crippen LogP contribution in [0.3, 0.4) is 0 Å². The van der Waals surface area contributed by atoms with Gasteiger partial charge in [-0.2, -0.15) is 13.2 Å². The van der Waals surface area contributed by atoms with Crippen molar-refractivity contribution in [3.05, 3.63) is 29.8 Å². The molecule has 4 nitrogen and oxygen atoms in total. The summed E-state index contributed by atoms with van der Waals surface area (Å²) in [6.45, 7) is 5.47. The highest BCUT2D eigenvalue weighted by Gasteiger charge is 2.29. The van der Waals surface area contributed by atoms with Crippen LogP contribution in [0.5, 0.6) is 5.75 Å². The molecular weight excluding hydrogens is 297 g/mol. The Labute approximate surface area is 128 Å². The molecule has 0 saturated heterocycles. The predicted octanol–water partition coefficient (Wildman–Crippen LogP) is 2.70. The molecule has 1 rings (SSSR count). The lowest BCUT2D eigenvalue weighted by molar-refractivity contribution is -0.153. The fraction of sp³-hybridized carbons (Fsp3) is 0.533. The van der Waals surface area contributed by atoms with E-state index in [1.54, 1.807) is 6.07 Å². The Hall–Kier alpha value is -1.76. The van der Waals surface area contributed by atoms with Gasteiger partial charge in [0.15, 0.2) is 6.61 Å². The lowest BCUT2D eigenvalue weighted by Gasteiger charge is -2.18. The first-order valence-corrected chi connectivity index (χ1v) is 7.16. The van der Waals surface area contributed by atoms with Crippen molar-refractivity contribution in [2.24, 2.45) is 0 Å². The quantitative estimate of drug-likeness (QED) is 0.801. The smallest absolute Gasteiger partial charge is 0.422 e. The Morgan fingerprint density at radius 1 is 1.23 bits per heavy atom. The molecule has 124 valence electrons. The van der Waals surface area contributed by atoms with Gasteiger partial charge in [0, 0.05) is 13.1 Å². The monoisotopic (exact) mass is 318 g/mol. The van der Waals surface area contributed by atoms with Gasteiger partial charge in [-0.05, 0) is 25.2 Å². The van der Waals surface area contributed by atoms with Gasteiger partial charge in [0.25, 0.3) is 5.91 Å². The first kappa shape index (κ1) is 18.3. The maximum atomic E-state index is 12.2. The van der Waals surface area contributed by atoms with E-state index < -0.39 is 18.7 Å². The van der Waals surface area contributed by atoms with E-state index in [4.69, 9.17) is 4.74 Å². The van der Waals surface area contributed by atoms with Gasteiger partial charge in [-0.1, -0.05) is 26.0 Å². The number of hydrogen-bond acceptors (Lipinski definition) is 3. The molecule has 0 aliphatic rings. The van der Waals surface area contributed by atoms with Crippen molar-refractivity contribution in [1.29, 1.82) is 0 Å². The number of amides is 1. The molecule has 0 atom stereocenters. The number of alkyl halides is 3. The number of likely N-dealkylation sites (N-methyl/N-ethyl adjacent to an activating group) is 1. The van der Waals surface area contributed by atoms with E-state index in [1.165, 1.54) is 18.2 Å². The Balaban J connectivity index is 2.61. The Bertz CT molecular complexity index is 474. The van der Waals surface area contributed by atoms with Crippen LogP contribution in [0.25, 0.3) is 0 Å². The molecule has 1 amide bonds. The Kier molecular flexibility index (Phi) is 7.17. The van der Waals surface area contributed by atoms with Crippen LogP contribution in [0.1, 0.15) is 24.2 Å².